The highest BCUT2D eigenvalue weighted by Crippen LogP contribution is 2.29. The van der Waals surface area contributed by atoms with Crippen LogP contribution in [0.1, 0.15) is 31.4 Å². The number of furan rings is 1. The lowest BCUT2D eigenvalue weighted by atomic mass is 9.90. The SMILES string of the molecule is CNC1CCC(N(C)Cc2cc(Br)c(Br)o2)CC1. The van der Waals surface area contributed by atoms with E-state index in [9.17, 15) is 0 Å². The minimum absolute atomic E-state index is 0.678. The summed E-state index contributed by atoms with van der Waals surface area (Å²) in [4.78, 5) is 2.41. The molecule has 102 valence electrons. The summed E-state index contributed by atoms with van der Waals surface area (Å²) in [5, 5.41) is 3.37. The molecule has 0 unspecified atom stereocenters. The Labute approximate surface area is 126 Å². The first kappa shape index (κ1) is 14.6. The zero-order valence-corrected chi connectivity index (χ0v) is 14.1. The van der Waals surface area contributed by atoms with E-state index in [2.05, 4.69) is 56.2 Å². The maximum absolute atomic E-state index is 5.63. The molecule has 5 heteroatoms. The third kappa shape index (κ3) is 3.59. The summed E-state index contributed by atoms with van der Waals surface area (Å²) in [6.45, 7) is 0.874. The molecule has 1 saturated carbocycles. The summed E-state index contributed by atoms with van der Waals surface area (Å²) in [6, 6.07) is 3.43. The second-order valence-electron chi connectivity index (χ2n) is 5.04. The van der Waals surface area contributed by atoms with E-state index >= 15 is 0 Å². The summed E-state index contributed by atoms with van der Waals surface area (Å²) in [5.74, 6) is 1.01. The monoisotopic (exact) mass is 378 g/mol. The van der Waals surface area contributed by atoms with Crippen molar-refractivity contribution in [1.29, 1.82) is 0 Å². The van der Waals surface area contributed by atoms with Crippen molar-refractivity contribution in [1.82, 2.24) is 10.2 Å². The van der Waals surface area contributed by atoms with E-state index in [-0.39, 0.29) is 0 Å². The van der Waals surface area contributed by atoms with Crippen molar-refractivity contribution < 1.29 is 4.42 Å². The normalized spacial score (nSPS) is 24.7. The van der Waals surface area contributed by atoms with Crippen LogP contribution >= 0.6 is 31.9 Å². The minimum atomic E-state index is 0.678. The van der Waals surface area contributed by atoms with Crippen LogP contribution in [0.25, 0.3) is 0 Å². The Balaban J connectivity index is 1.86. The number of halogens is 2. The fraction of sp³-hybridized carbons (Fsp3) is 0.692. The van der Waals surface area contributed by atoms with Crippen molar-refractivity contribution in [2.75, 3.05) is 14.1 Å². The lowest BCUT2D eigenvalue weighted by Crippen LogP contribution is -2.39. The molecule has 0 spiro atoms. The van der Waals surface area contributed by atoms with Crippen LogP contribution in [0.15, 0.2) is 19.6 Å². The molecule has 1 heterocycles. The van der Waals surface area contributed by atoms with Crippen molar-refractivity contribution >= 4 is 31.9 Å². The molecule has 0 aliphatic heterocycles. The quantitative estimate of drug-likeness (QED) is 0.863. The maximum Gasteiger partial charge on any atom is 0.183 e. The van der Waals surface area contributed by atoms with Crippen molar-refractivity contribution in [3.8, 4) is 0 Å². The highest BCUT2D eigenvalue weighted by Gasteiger charge is 2.23. The first-order valence-electron chi connectivity index (χ1n) is 6.41. The Morgan fingerprint density at radius 3 is 2.50 bits per heavy atom. The van der Waals surface area contributed by atoms with Crippen molar-refractivity contribution in [2.45, 2.75) is 44.3 Å². The fourth-order valence-corrected chi connectivity index (χ4v) is 3.31. The maximum atomic E-state index is 5.63. The Kier molecular flexibility index (Phi) is 5.30. The van der Waals surface area contributed by atoms with Gasteiger partial charge in [0.15, 0.2) is 4.67 Å². The predicted octanol–water partition coefficient (Wildman–Crippen LogP) is 3.77. The van der Waals surface area contributed by atoms with Gasteiger partial charge in [-0.05, 0) is 77.7 Å². The molecule has 0 atom stereocenters. The number of nitrogens with one attached hydrogen (secondary N) is 1. The van der Waals surface area contributed by atoms with Gasteiger partial charge in [0.05, 0.1) is 11.0 Å². The van der Waals surface area contributed by atoms with Gasteiger partial charge in [0.1, 0.15) is 5.76 Å². The minimum Gasteiger partial charge on any atom is -0.452 e. The number of nitrogens with zero attached hydrogens (tertiary/aromatic N) is 1. The number of rotatable bonds is 4. The zero-order chi connectivity index (χ0) is 13.1. The Hall–Kier alpha value is 0.160. The van der Waals surface area contributed by atoms with Crippen molar-refractivity contribution in [3.05, 3.63) is 21.0 Å². The van der Waals surface area contributed by atoms with Crippen molar-refractivity contribution in [3.63, 3.8) is 0 Å². The molecule has 18 heavy (non-hydrogen) atoms. The highest BCUT2D eigenvalue weighted by molar-refractivity contribution is 9.13. The summed E-state index contributed by atoms with van der Waals surface area (Å²) in [5.41, 5.74) is 0. The smallest absolute Gasteiger partial charge is 0.183 e. The third-order valence-electron chi connectivity index (χ3n) is 3.83. The number of hydrogen-bond acceptors (Lipinski definition) is 3. The first-order chi connectivity index (χ1) is 8.60. The van der Waals surface area contributed by atoms with Crippen LogP contribution in [0, 0.1) is 0 Å². The topological polar surface area (TPSA) is 28.4 Å². The zero-order valence-electron chi connectivity index (χ0n) is 10.9. The van der Waals surface area contributed by atoms with Gasteiger partial charge in [-0.15, -0.1) is 0 Å². The Bertz CT molecular complexity index is 367. The standard InChI is InChI=1S/C13H20Br2N2O/c1-16-9-3-5-10(6-4-9)17(2)8-11-7-12(14)13(15)18-11/h7,9-10,16H,3-6,8H2,1-2H3. The van der Waals surface area contributed by atoms with Gasteiger partial charge in [0.25, 0.3) is 0 Å². The molecule has 2 rings (SSSR count). The van der Waals surface area contributed by atoms with Crippen LogP contribution in [-0.4, -0.2) is 31.1 Å². The lowest BCUT2D eigenvalue weighted by molar-refractivity contribution is 0.159. The van der Waals surface area contributed by atoms with Gasteiger partial charge in [-0.2, -0.15) is 0 Å². The molecule has 0 bridgehead atoms. The Morgan fingerprint density at radius 1 is 1.33 bits per heavy atom. The molecule has 1 aromatic heterocycles. The molecule has 1 fully saturated rings. The second-order valence-corrected chi connectivity index (χ2v) is 6.62. The molecule has 0 radical (unpaired) electrons. The lowest BCUT2D eigenvalue weighted by Gasteiger charge is -2.34. The summed E-state index contributed by atoms with van der Waals surface area (Å²) in [6.07, 6.45) is 5.09. The third-order valence-corrected chi connectivity index (χ3v) is 5.54. The molecule has 0 amide bonds. The summed E-state index contributed by atoms with van der Waals surface area (Å²) in [7, 11) is 4.25. The van der Waals surface area contributed by atoms with E-state index in [4.69, 9.17) is 4.42 Å². The van der Waals surface area contributed by atoms with Crippen LogP contribution < -0.4 is 5.32 Å². The molecule has 1 N–H and O–H groups in total. The molecular formula is C13H20Br2N2O. The molecule has 1 aliphatic rings. The molecule has 3 nitrogen and oxygen atoms in total. The van der Waals surface area contributed by atoms with Crippen molar-refractivity contribution in [2.24, 2.45) is 0 Å². The Morgan fingerprint density at radius 2 is 2.00 bits per heavy atom. The fourth-order valence-electron chi connectivity index (χ4n) is 2.65. The average Bonchev–Trinajstić information content (AvgIpc) is 2.68. The van der Waals surface area contributed by atoms with E-state index in [1.807, 2.05) is 6.07 Å². The average molecular weight is 380 g/mol. The van der Waals surface area contributed by atoms with Gasteiger partial charge in [-0.3, -0.25) is 4.90 Å². The van der Waals surface area contributed by atoms with E-state index in [0.29, 0.717) is 12.1 Å². The van der Waals surface area contributed by atoms with E-state index < -0.39 is 0 Å². The van der Waals surface area contributed by atoms with E-state index in [1.165, 1.54) is 25.7 Å². The molecule has 0 aromatic carbocycles. The van der Waals surface area contributed by atoms with Crippen LogP contribution in [0.4, 0.5) is 0 Å². The molecule has 1 aromatic rings. The van der Waals surface area contributed by atoms with Crippen LogP contribution in [0.3, 0.4) is 0 Å². The van der Waals surface area contributed by atoms with Crippen LogP contribution in [-0.2, 0) is 6.54 Å². The van der Waals surface area contributed by atoms with Gasteiger partial charge in [-0.25, -0.2) is 0 Å². The van der Waals surface area contributed by atoms with Gasteiger partial charge < -0.3 is 9.73 Å². The van der Waals surface area contributed by atoms with Crippen LogP contribution in [0.2, 0.25) is 0 Å². The van der Waals surface area contributed by atoms with Gasteiger partial charge in [0.2, 0.25) is 0 Å². The number of hydrogen-bond donors (Lipinski definition) is 1. The highest BCUT2D eigenvalue weighted by atomic mass is 79.9. The predicted molar refractivity (Wildman–Crippen MR) is 80.7 cm³/mol. The second kappa shape index (κ2) is 6.55. The molecule has 1 aliphatic carbocycles. The van der Waals surface area contributed by atoms with Gasteiger partial charge in [-0.1, -0.05) is 0 Å². The van der Waals surface area contributed by atoms with Gasteiger partial charge in [0, 0.05) is 12.1 Å². The molecular weight excluding hydrogens is 360 g/mol. The molecule has 0 saturated heterocycles. The summed E-state index contributed by atoms with van der Waals surface area (Å²) >= 11 is 6.83. The largest absolute Gasteiger partial charge is 0.452 e. The summed E-state index contributed by atoms with van der Waals surface area (Å²) < 4.78 is 7.41. The van der Waals surface area contributed by atoms with E-state index in [0.717, 1.165) is 21.4 Å². The first-order valence-corrected chi connectivity index (χ1v) is 8.00. The van der Waals surface area contributed by atoms with E-state index in [1.54, 1.807) is 0 Å². The van der Waals surface area contributed by atoms with Gasteiger partial charge >= 0.3 is 0 Å². The van der Waals surface area contributed by atoms with Crippen LogP contribution in [0.5, 0.6) is 0 Å².